The van der Waals surface area contributed by atoms with E-state index in [1.807, 2.05) is 0 Å². The molecule has 2 aliphatic rings. The average molecular weight is 454 g/mol. The molecule has 0 aromatic rings. The predicted octanol–water partition coefficient (Wildman–Crippen LogP) is -2.01. The third kappa shape index (κ3) is 7.45. The first-order valence-corrected chi connectivity index (χ1v) is 9.84. The number of hydrogen-bond donors (Lipinski definition) is 2. The van der Waals surface area contributed by atoms with Gasteiger partial charge in [-0.1, -0.05) is 0 Å². The summed E-state index contributed by atoms with van der Waals surface area (Å²) in [5.41, 5.74) is 0. The van der Waals surface area contributed by atoms with Crippen molar-refractivity contribution in [3.05, 3.63) is 0 Å². The molecule has 0 saturated carbocycles. The molecule has 0 aliphatic carbocycles. The van der Waals surface area contributed by atoms with Gasteiger partial charge in [0.1, 0.15) is 0 Å². The van der Waals surface area contributed by atoms with Gasteiger partial charge in [0, 0.05) is 51.6 Å². The lowest BCUT2D eigenvalue weighted by atomic mass is 10.3. The van der Waals surface area contributed by atoms with E-state index in [4.69, 9.17) is 0 Å². The molecule has 2 rings (SSSR count). The summed E-state index contributed by atoms with van der Waals surface area (Å²) in [6, 6.07) is 0. The van der Waals surface area contributed by atoms with Crippen LogP contribution in [0.2, 0.25) is 0 Å². The zero-order valence-corrected chi connectivity index (χ0v) is 17.0. The monoisotopic (exact) mass is 454 g/mol. The fraction of sp³-hybridized carbons (Fsp3) is 0.556. The summed E-state index contributed by atoms with van der Waals surface area (Å²) < 4.78 is 0. The van der Waals surface area contributed by atoms with Crippen molar-refractivity contribution in [1.29, 1.82) is 0 Å². The highest BCUT2D eigenvalue weighted by Gasteiger charge is 2.33. The minimum Gasteiger partial charge on any atom is -0.354 e. The maximum atomic E-state index is 11.7. The van der Waals surface area contributed by atoms with E-state index >= 15 is 0 Å². The highest BCUT2D eigenvalue weighted by molar-refractivity contribution is 6.02. The molecule has 14 heteroatoms. The molecule has 2 saturated heterocycles. The van der Waals surface area contributed by atoms with Gasteiger partial charge in [0.05, 0.1) is 12.8 Å². The van der Waals surface area contributed by atoms with Crippen molar-refractivity contribution in [1.82, 2.24) is 20.8 Å². The van der Waals surface area contributed by atoms with Gasteiger partial charge < -0.3 is 20.3 Å². The van der Waals surface area contributed by atoms with Crippen LogP contribution in [0, 0.1) is 0 Å². The molecule has 0 aromatic heterocycles. The summed E-state index contributed by atoms with van der Waals surface area (Å²) in [5, 5.41) is 5.68. The number of hydrogen-bond acceptors (Lipinski definition) is 10. The first-order chi connectivity index (χ1) is 15.2. The number of nitrogens with one attached hydrogen (secondary N) is 2. The quantitative estimate of drug-likeness (QED) is 0.261. The van der Waals surface area contributed by atoms with Crippen molar-refractivity contribution >= 4 is 47.4 Å². The molecule has 174 valence electrons. The number of imide groups is 2. The number of hydroxylamine groups is 4. The van der Waals surface area contributed by atoms with Gasteiger partial charge in [-0.3, -0.25) is 28.8 Å². The van der Waals surface area contributed by atoms with E-state index in [0.29, 0.717) is 10.1 Å². The van der Waals surface area contributed by atoms with E-state index < -0.39 is 47.4 Å². The number of carbonyl (C=O) groups is 8. The molecular formula is C18H22N4O10. The Kier molecular flexibility index (Phi) is 8.80. The Labute approximate surface area is 181 Å². The Morgan fingerprint density at radius 1 is 0.594 bits per heavy atom. The molecule has 0 radical (unpaired) electrons. The van der Waals surface area contributed by atoms with Crippen molar-refractivity contribution in [2.24, 2.45) is 0 Å². The van der Waals surface area contributed by atoms with Gasteiger partial charge in [-0.25, -0.2) is 9.59 Å². The SMILES string of the molecule is O=C(CCC(=O)ON1C(=O)CCC1=O)NCCNC(=O)CCC(=O)ON1C(=O)CCC1=O. The van der Waals surface area contributed by atoms with Gasteiger partial charge in [0.25, 0.3) is 23.6 Å². The fourth-order valence-corrected chi connectivity index (χ4v) is 2.62. The van der Waals surface area contributed by atoms with Crippen LogP contribution in [0.3, 0.4) is 0 Å². The summed E-state index contributed by atoms with van der Waals surface area (Å²) in [7, 11) is 0. The molecule has 32 heavy (non-hydrogen) atoms. The second-order valence-corrected chi connectivity index (χ2v) is 6.79. The minimum absolute atomic E-state index is 0.0305. The molecule has 0 atom stereocenters. The Morgan fingerprint density at radius 2 is 0.906 bits per heavy atom. The number of nitrogens with zero attached hydrogens (tertiary/aromatic N) is 2. The Bertz CT molecular complexity index is 740. The zero-order chi connectivity index (χ0) is 23.7. The lowest BCUT2D eigenvalue weighted by Crippen LogP contribution is -2.36. The van der Waals surface area contributed by atoms with Crippen LogP contribution in [0.25, 0.3) is 0 Å². The first-order valence-electron chi connectivity index (χ1n) is 9.84. The predicted molar refractivity (Wildman–Crippen MR) is 98.8 cm³/mol. The summed E-state index contributed by atoms with van der Waals surface area (Å²) >= 11 is 0. The van der Waals surface area contributed by atoms with E-state index in [-0.39, 0.29) is 64.5 Å². The minimum atomic E-state index is -0.902. The maximum Gasteiger partial charge on any atom is 0.333 e. The van der Waals surface area contributed by atoms with Gasteiger partial charge in [0.15, 0.2) is 0 Å². The van der Waals surface area contributed by atoms with Gasteiger partial charge >= 0.3 is 11.9 Å². The fourth-order valence-electron chi connectivity index (χ4n) is 2.62. The van der Waals surface area contributed by atoms with Crippen LogP contribution in [-0.2, 0) is 48.0 Å². The number of carbonyl (C=O) groups excluding carboxylic acids is 8. The average Bonchev–Trinajstić information content (AvgIpc) is 3.24. The van der Waals surface area contributed by atoms with Gasteiger partial charge in [-0.15, -0.1) is 10.1 Å². The highest BCUT2D eigenvalue weighted by Crippen LogP contribution is 2.13. The van der Waals surface area contributed by atoms with Crippen molar-refractivity contribution in [3.63, 3.8) is 0 Å². The zero-order valence-electron chi connectivity index (χ0n) is 17.0. The van der Waals surface area contributed by atoms with Crippen LogP contribution >= 0.6 is 0 Å². The highest BCUT2D eigenvalue weighted by atomic mass is 16.7. The third-order valence-corrected chi connectivity index (χ3v) is 4.28. The third-order valence-electron chi connectivity index (χ3n) is 4.28. The largest absolute Gasteiger partial charge is 0.354 e. The topological polar surface area (TPSA) is 186 Å². The standard InChI is InChI=1S/C18H22N4O10/c23-11(1-7-17(29)31-21-13(25)3-4-14(21)26)19-9-10-20-12(24)2-8-18(30)32-22-15(27)5-6-16(22)28/h1-10H2,(H,19,23)(H,20,24). The van der Waals surface area contributed by atoms with Crippen LogP contribution in [0.5, 0.6) is 0 Å². The maximum absolute atomic E-state index is 11.7. The normalized spacial score (nSPS) is 15.8. The van der Waals surface area contributed by atoms with Gasteiger partial charge in [0.2, 0.25) is 11.8 Å². The molecule has 0 unspecified atom stereocenters. The van der Waals surface area contributed by atoms with Crippen LogP contribution in [-0.4, -0.2) is 70.6 Å². The summed E-state index contributed by atoms with van der Waals surface area (Å²) in [6.07, 6.45) is -1.31. The molecule has 2 fully saturated rings. The van der Waals surface area contributed by atoms with E-state index in [2.05, 4.69) is 20.3 Å². The molecule has 6 amide bonds. The molecule has 14 nitrogen and oxygen atoms in total. The number of amides is 6. The Morgan fingerprint density at radius 3 is 1.22 bits per heavy atom. The van der Waals surface area contributed by atoms with Crippen molar-refractivity contribution < 1.29 is 48.0 Å². The van der Waals surface area contributed by atoms with E-state index in [9.17, 15) is 38.4 Å². The van der Waals surface area contributed by atoms with Crippen molar-refractivity contribution in [3.8, 4) is 0 Å². The Balaban J connectivity index is 1.52. The smallest absolute Gasteiger partial charge is 0.333 e. The first kappa shape index (κ1) is 24.4. The molecule has 0 aromatic carbocycles. The van der Waals surface area contributed by atoms with Crippen molar-refractivity contribution in [2.75, 3.05) is 13.1 Å². The summed E-state index contributed by atoms with van der Waals surface area (Å²) in [4.78, 5) is 101. The van der Waals surface area contributed by atoms with Gasteiger partial charge in [-0.2, -0.15) is 0 Å². The second kappa shape index (κ2) is 11.5. The van der Waals surface area contributed by atoms with E-state index in [0.717, 1.165) is 0 Å². The van der Waals surface area contributed by atoms with Crippen molar-refractivity contribution in [2.45, 2.75) is 51.4 Å². The molecule has 2 N–H and O–H groups in total. The lowest BCUT2D eigenvalue weighted by molar-refractivity contribution is -0.197. The van der Waals surface area contributed by atoms with Crippen LogP contribution < -0.4 is 10.6 Å². The number of rotatable bonds is 11. The van der Waals surface area contributed by atoms with E-state index in [1.54, 1.807) is 0 Å². The van der Waals surface area contributed by atoms with Crippen LogP contribution in [0.1, 0.15) is 51.4 Å². The molecule has 2 heterocycles. The van der Waals surface area contributed by atoms with Crippen LogP contribution in [0.4, 0.5) is 0 Å². The Hall–Kier alpha value is -3.84. The molecule has 0 spiro atoms. The summed E-state index contributed by atoms with van der Waals surface area (Å²) in [6.45, 7) is 0.0912. The second-order valence-electron chi connectivity index (χ2n) is 6.79. The van der Waals surface area contributed by atoms with E-state index in [1.165, 1.54) is 0 Å². The summed E-state index contributed by atoms with van der Waals surface area (Å²) in [5.74, 6) is -5.30. The van der Waals surface area contributed by atoms with Crippen LogP contribution in [0.15, 0.2) is 0 Å². The molecule has 0 bridgehead atoms. The lowest BCUT2D eigenvalue weighted by Gasteiger charge is -2.12. The molecule has 2 aliphatic heterocycles. The van der Waals surface area contributed by atoms with Gasteiger partial charge in [-0.05, 0) is 0 Å². The molecular weight excluding hydrogens is 432 g/mol.